The van der Waals surface area contributed by atoms with Crippen LogP contribution in [-0.2, 0) is 12.6 Å². The van der Waals surface area contributed by atoms with E-state index in [1.165, 1.54) is 0 Å². The number of nitrogens with zero attached hydrogens (tertiary/aromatic N) is 2. The van der Waals surface area contributed by atoms with Crippen LogP contribution in [0, 0.1) is 0 Å². The van der Waals surface area contributed by atoms with E-state index in [1.807, 2.05) is 13.2 Å². The highest BCUT2D eigenvalue weighted by atomic mass is 127. The third-order valence-electron chi connectivity index (χ3n) is 2.99. The molecule has 0 aliphatic heterocycles. The molecule has 4 nitrogen and oxygen atoms in total. The molecule has 10 heteroatoms. The Kier molecular flexibility index (Phi) is 10.6. The Morgan fingerprint density at radius 1 is 1.33 bits per heavy atom. The van der Waals surface area contributed by atoms with Gasteiger partial charge in [0.25, 0.3) is 0 Å². The van der Waals surface area contributed by atoms with Gasteiger partial charge in [0.1, 0.15) is 0 Å². The van der Waals surface area contributed by atoms with Crippen molar-refractivity contribution in [3.05, 3.63) is 16.1 Å². The zero-order valence-electron chi connectivity index (χ0n) is 14.2. The summed E-state index contributed by atoms with van der Waals surface area (Å²) < 4.78 is 37.5. The number of rotatable bonds is 7. The van der Waals surface area contributed by atoms with Crippen LogP contribution in [0.25, 0.3) is 0 Å². The molecular weight excluding hydrogens is 472 g/mol. The van der Waals surface area contributed by atoms with Crippen molar-refractivity contribution in [3.63, 3.8) is 0 Å². The molecule has 0 amide bonds. The number of thioether (sulfide) groups is 1. The summed E-state index contributed by atoms with van der Waals surface area (Å²) in [6.45, 7) is 8.04. The Balaban J connectivity index is 0.00000529. The van der Waals surface area contributed by atoms with Gasteiger partial charge in [-0.1, -0.05) is 0 Å². The summed E-state index contributed by atoms with van der Waals surface area (Å²) in [4.78, 5) is 8.12. The van der Waals surface area contributed by atoms with Crippen LogP contribution in [-0.4, -0.2) is 41.6 Å². The molecule has 0 aliphatic carbocycles. The lowest BCUT2D eigenvalue weighted by Gasteiger charge is -2.20. The van der Waals surface area contributed by atoms with Crippen molar-refractivity contribution in [2.24, 2.45) is 4.99 Å². The fraction of sp³-hybridized carbons (Fsp3) is 0.714. The standard InChI is InChI=1S/C14H23F3N4S2.HI/c1-5-18-12(20-9-13(2,3)22-4)19-7-6-11-21-10(8-23-11)14(15,16)17;/h8H,5-7,9H2,1-4H3,(H2,18,19,20);1H. The van der Waals surface area contributed by atoms with Gasteiger partial charge in [-0.2, -0.15) is 24.9 Å². The third kappa shape index (κ3) is 8.75. The lowest BCUT2D eigenvalue weighted by Crippen LogP contribution is -2.39. The van der Waals surface area contributed by atoms with E-state index in [1.54, 1.807) is 11.8 Å². The molecule has 0 aliphatic rings. The molecule has 140 valence electrons. The van der Waals surface area contributed by atoms with Crippen LogP contribution in [0.5, 0.6) is 0 Å². The maximum atomic E-state index is 12.5. The maximum Gasteiger partial charge on any atom is 0.434 e. The van der Waals surface area contributed by atoms with E-state index in [2.05, 4.69) is 34.5 Å². The van der Waals surface area contributed by atoms with Gasteiger partial charge in [-0.3, -0.25) is 4.99 Å². The fourth-order valence-electron chi connectivity index (χ4n) is 1.52. The van der Waals surface area contributed by atoms with Crippen LogP contribution < -0.4 is 10.6 Å². The summed E-state index contributed by atoms with van der Waals surface area (Å²) in [5, 5.41) is 7.77. The van der Waals surface area contributed by atoms with Crippen molar-refractivity contribution in [2.75, 3.05) is 25.9 Å². The van der Waals surface area contributed by atoms with Crippen molar-refractivity contribution in [2.45, 2.75) is 38.1 Å². The molecule has 0 radical (unpaired) electrons. The molecule has 1 rings (SSSR count). The minimum atomic E-state index is -4.37. The number of hydrogen-bond acceptors (Lipinski definition) is 4. The second-order valence-electron chi connectivity index (χ2n) is 5.46. The Bertz CT molecular complexity index is 518. The van der Waals surface area contributed by atoms with Crippen LogP contribution in [0.3, 0.4) is 0 Å². The van der Waals surface area contributed by atoms with Gasteiger partial charge < -0.3 is 10.6 Å². The Morgan fingerprint density at radius 2 is 2.00 bits per heavy atom. The van der Waals surface area contributed by atoms with E-state index in [9.17, 15) is 13.2 Å². The SMILES string of the molecule is CCNC(=NCC(C)(C)SC)NCCc1nc(C(F)(F)F)cs1.I. The average Bonchev–Trinajstić information content (AvgIpc) is 2.94. The van der Waals surface area contributed by atoms with E-state index in [-0.39, 0.29) is 28.7 Å². The molecule has 0 bridgehead atoms. The Hall–Kier alpha value is -0.230. The van der Waals surface area contributed by atoms with Gasteiger partial charge in [-0.05, 0) is 27.0 Å². The first-order chi connectivity index (χ1) is 10.7. The van der Waals surface area contributed by atoms with Gasteiger partial charge in [-0.25, -0.2) is 4.98 Å². The van der Waals surface area contributed by atoms with Crippen LogP contribution >= 0.6 is 47.1 Å². The van der Waals surface area contributed by atoms with Crippen molar-refractivity contribution in [1.29, 1.82) is 0 Å². The van der Waals surface area contributed by atoms with E-state index in [4.69, 9.17) is 0 Å². The quantitative estimate of drug-likeness (QED) is 0.340. The first kappa shape index (κ1) is 23.8. The molecule has 0 saturated heterocycles. The lowest BCUT2D eigenvalue weighted by molar-refractivity contribution is -0.140. The van der Waals surface area contributed by atoms with E-state index < -0.39 is 11.9 Å². The first-order valence-electron chi connectivity index (χ1n) is 7.27. The molecular formula is C14H24F3IN4S2. The highest BCUT2D eigenvalue weighted by Gasteiger charge is 2.33. The van der Waals surface area contributed by atoms with Gasteiger partial charge in [0, 0.05) is 29.6 Å². The van der Waals surface area contributed by atoms with Crippen molar-refractivity contribution >= 4 is 53.0 Å². The van der Waals surface area contributed by atoms with E-state index in [0.717, 1.165) is 23.3 Å². The minimum Gasteiger partial charge on any atom is -0.357 e. The minimum absolute atomic E-state index is 0. The normalized spacial score (nSPS) is 12.7. The van der Waals surface area contributed by atoms with Crippen molar-refractivity contribution < 1.29 is 13.2 Å². The lowest BCUT2D eigenvalue weighted by atomic mass is 10.2. The fourth-order valence-corrected chi connectivity index (χ4v) is 2.52. The number of aliphatic imine (C=N–C) groups is 1. The highest BCUT2D eigenvalue weighted by molar-refractivity contribution is 14.0. The largest absolute Gasteiger partial charge is 0.434 e. The molecule has 1 aromatic rings. The number of halogens is 4. The van der Waals surface area contributed by atoms with E-state index >= 15 is 0 Å². The molecule has 0 aromatic carbocycles. The maximum absolute atomic E-state index is 12.5. The summed E-state index contributed by atoms with van der Waals surface area (Å²) in [5.74, 6) is 0.669. The monoisotopic (exact) mass is 496 g/mol. The molecule has 2 N–H and O–H groups in total. The van der Waals surface area contributed by atoms with E-state index in [0.29, 0.717) is 30.5 Å². The van der Waals surface area contributed by atoms with Crippen LogP contribution in [0.1, 0.15) is 31.5 Å². The van der Waals surface area contributed by atoms with Gasteiger partial charge in [-0.15, -0.1) is 35.3 Å². The van der Waals surface area contributed by atoms with Gasteiger partial charge in [0.2, 0.25) is 0 Å². The second kappa shape index (κ2) is 10.7. The van der Waals surface area contributed by atoms with Crippen LogP contribution in [0.4, 0.5) is 13.2 Å². The molecule has 0 atom stereocenters. The Labute approximate surface area is 166 Å². The van der Waals surface area contributed by atoms with Gasteiger partial charge in [0.15, 0.2) is 11.7 Å². The van der Waals surface area contributed by atoms with Crippen LogP contribution in [0.2, 0.25) is 0 Å². The zero-order valence-corrected chi connectivity index (χ0v) is 18.1. The topological polar surface area (TPSA) is 49.3 Å². The first-order valence-corrected chi connectivity index (χ1v) is 9.37. The van der Waals surface area contributed by atoms with Crippen LogP contribution in [0.15, 0.2) is 10.4 Å². The second-order valence-corrected chi connectivity index (χ2v) is 7.92. The molecule has 0 fully saturated rings. The predicted octanol–water partition coefficient (Wildman–Crippen LogP) is 4.02. The summed E-state index contributed by atoms with van der Waals surface area (Å²) >= 11 is 2.76. The molecule has 0 saturated carbocycles. The van der Waals surface area contributed by atoms with Crippen molar-refractivity contribution in [3.8, 4) is 0 Å². The summed E-state index contributed by atoms with van der Waals surface area (Å²) in [6.07, 6.45) is -1.91. The third-order valence-corrected chi connectivity index (χ3v) is 5.13. The number of nitrogens with one attached hydrogen (secondary N) is 2. The molecule has 24 heavy (non-hydrogen) atoms. The molecule has 0 unspecified atom stereocenters. The summed E-state index contributed by atoms with van der Waals surface area (Å²) in [6, 6.07) is 0. The highest BCUT2D eigenvalue weighted by Crippen LogP contribution is 2.30. The predicted molar refractivity (Wildman–Crippen MR) is 108 cm³/mol. The zero-order chi connectivity index (χ0) is 17.5. The Morgan fingerprint density at radius 3 is 2.50 bits per heavy atom. The smallest absolute Gasteiger partial charge is 0.357 e. The molecule has 1 aromatic heterocycles. The number of guanidine groups is 1. The number of alkyl halides is 3. The van der Waals surface area contributed by atoms with Gasteiger partial charge in [0.05, 0.1) is 11.6 Å². The van der Waals surface area contributed by atoms with Gasteiger partial charge >= 0.3 is 6.18 Å². The number of hydrogen-bond donors (Lipinski definition) is 2. The molecule has 0 spiro atoms. The average molecular weight is 496 g/mol. The summed E-state index contributed by atoms with van der Waals surface area (Å²) in [5.41, 5.74) is -0.820. The number of aromatic nitrogens is 1. The summed E-state index contributed by atoms with van der Waals surface area (Å²) in [7, 11) is 0. The van der Waals surface area contributed by atoms with Crippen molar-refractivity contribution in [1.82, 2.24) is 15.6 Å². The number of thiazole rings is 1. The molecule has 1 heterocycles.